The highest BCUT2D eigenvalue weighted by Gasteiger charge is 2.59. The lowest BCUT2D eigenvalue weighted by atomic mass is 9.47. The monoisotopic (exact) mass is 332 g/mol. The summed E-state index contributed by atoms with van der Waals surface area (Å²) in [4.78, 5) is 11.9. The van der Waals surface area contributed by atoms with E-state index in [0.29, 0.717) is 41.8 Å². The number of carbonyl (C=O) groups excluding carboxylic acids is 1. The summed E-state index contributed by atoms with van der Waals surface area (Å²) in [5.74, 6) is 3.34. The first kappa shape index (κ1) is 16.8. The van der Waals surface area contributed by atoms with Gasteiger partial charge in [0.2, 0.25) is 0 Å². The predicted molar refractivity (Wildman–Crippen MR) is 93.3 cm³/mol. The molecule has 0 aromatic rings. The fourth-order valence-electron chi connectivity index (χ4n) is 7.35. The Morgan fingerprint density at radius 1 is 1.21 bits per heavy atom. The van der Waals surface area contributed by atoms with Crippen molar-refractivity contribution in [1.29, 1.82) is 0 Å². The molecule has 0 amide bonds. The number of allylic oxidation sites excluding steroid dienone is 1. The Labute approximate surface area is 145 Å². The van der Waals surface area contributed by atoms with Gasteiger partial charge in [0, 0.05) is 13.0 Å². The van der Waals surface area contributed by atoms with Crippen LogP contribution >= 0.6 is 0 Å². The first-order valence-corrected chi connectivity index (χ1v) is 10.1. The number of fused-ring (bicyclic) bond motifs is 5. The molecule has 3 nitrogen and oxygen atoms in total. The van der Waals surface area contributed by atoms with Crippen molar-refractivity contribution >= 4 is 5.78 Å². The first-order chi connectivity index (χ1) is 11.6. The topological polar surface area (TPSA) is 57.5 Å². The van der Waals surface area contributed by atoms with E-state index in [1.54, 1.807) is 0 Å². The predicted octanol–water partition coefficient (Wildman–Crippen LogP) is 3.49. The Morgan fingerprint density at radius 2 is 2.04 bits per heavy atom. The average molecular weight is 332 g/mol. The normalized spacial score (nSPS) is 47.6. The van der Waals surface area contributed by atoms with Crippen molar-refractivity contribution in [3.63, 3.8) is 0 Å². The summed E-state index contributed by atoms with van der Waals surface area (Å²) in [5.41, 5.74) is 1.49. The summed E-state index contributed by atoms with van der Waals surface area (Å²) in [6.07, 6.45) is 10.9. The van der Waals surface area contributed by atoms with Gasteiger partial charge >= 0.3 is 0 Å². The number of hydrogen-bond acceptors (Lipinski definition) is 3. The lowest BCUT2D eigenvalue weighted by Crippen LogP contribution is -2.52. The van der Waals surface area contributed by atoms with E-state index in [1.807, 2.05) is 6.08 Å². The maximum Gasteiger partial charge on any atom is 0.155 e. The smallest absolute Gasteiger partial charge is 0.155 e. The summed E-state index contributed by atoms with van der Waals surface area (Å²) < 4.78 is 0. The molecule has 4 aliphatic carbocycles. The van der Waals surface area contributed by atoms with Gasteiger partial charge in [-0.2, -0.15) is 0 Å². The summed E-state index contributed by atoms with van der Waals surface area (Å²) in [6.45, 7) is 2.50. The highest BCUT2D eigenvalue weighted by Crippen LogP contribution is 2.65. The summed E-state index contributed by atoms with van der Waals surface area (Å²) in [5, 5.41) is 20.5. The van der Waals surface area contributed by atoms with Crippen LogP contribution in [0.4, 0.5) is 0 Å². The molecule has 0 aromatic carbocycles. The third-order valence-corrected chi connectivity index (χ3v) is 8.26. The lowest BCUT2D eigenvalue weighted by molar-refractivity contribution is -0.118. The molecule has 3 heteroatoms. The number of carbonyl (C=O) groups is 1. The van der Waals surface area contributed by atoms with Gasteiger partial charge in [0.1, 0.15) is 0 Å². The molecule has 0 spiro atoms. The number of hydrogen-bond donors (Lipinski definition) is 2. The van der Waals surface area contributed by atoms with E-state index >= 15 is 0 Å². The van der Waals surface area contributed by atoms with Crippen molar-refractivity contribution in [3.05, 3.63) is 11.6 Å². The Balaban J connectivity index is 1.71. The number of rotatable bonds is 3. The molecule has 7 atom stereocenters. The standard InChI is InChI=1S/C21H32O3/c1-2-21-12-14(9-10-22)20-16-6-4-15(23)11-13(16)3-5-17(20)18(21)7-8-19(21)24/h11,14,16-20,22,24H,2-10,12H2,1H3/t14?,16?,17-,18+,19?,20-,21?/m1/s1. The lowest BCUT2D eigenvalue weighted by Gasteiger charge is -2.57. The van der Waals surface area contributed by atoms with E-state index in [1.165, 1.54) is 18.4 Å². The van der Waals surface area contributed by atoms with Gasteiger partial charge in [-0.25, -0.2) is 0 Å². The molecule has 4 unspecified atom stereocenters. The van der Waals surface area contributed by atoms with Crippen LogP contribution in [-0.2, 0) is 4.79 Å². The van der Waals surface area contributed by atoms with Crippen molar-refractivity contribution in [2.24, 2.45) is 35.0 Å². The van der Waals surface area contributed by atoms with Crippen LogP contribution in [0.2, 0.25) is 0 Å². The van der Waals surface area contributed by atoms with Crippen LogP contribution in [0.3, 0.4) is 0 Å². The zero-order chi connectivity index (χ0) is 16.9. The quantitative estimate of drug-likeness (QED) is 0.832. The molecule has 2 N–H and O–H groups in total. The molecule has 0 radical (unpaired) electrons. The zero-order valence-corrected chi connectivity index (χ0v) is 14.9. The van der Waals surface area contributed by atoms with E-state index in [-0.39, 0.29) is 18.1 Å². The van der Waals surface area contributed by atoms with Crippen LogP contribution in [0.15, 0.2) is 11.6 Å². The summed E-state index contributed by atoms with van der Waals surface area (Å²) in [7, 11) is 0. The van der Waals surface area contributed by atoms with Gasteiger partial charge in [-0.05, 0) is 92.4 Å². The van der Waals surface area contributed by atoms with Crippen LogP contribution in [0, 0.1) is 35.0 Å². The third-order valence-electron chi connectivity index (χ3n) is 8.26. The summed E-state index contributed by atoms with van der Waals surface area (Å²) >= 11 is 0. The molecule has 0 bridgehead atoms. The van der Waals surface area contributed by atoms with Crippen molar-refractivity contribution in [2.75, 3.05) is 6.61 Å². The minimum absolute atomic E-state index is 0.0900. The van der Waals surface area contributed by atoms with Crippen LogP contribution in [-0.4, -0.2) is 28.7 Å². The molecule has 3 saturated carbocycles. The minimum atomic E-state index is -0.153. The van der Waals surface area contributed by atoms with Gasteiger partial charge in [0.15, 0.2) is 5.78 Å². The molecule has 4 rings (SSSR count). The molecule has 4 aliphatic rings. The second-order valence-electron chi connectivity index (χ2n) is 8.87. The van der Waals surface area contributed by atoms with Crippen molar-refractivity contribution < 1.29 is 15.0 Å². The second-order valence-corrected chi connectivity index (χ2v) is 8.87. The fourth-order valence-corrected chi connectivity index (χ4v) is 7.35. The number of aliphatic hydroxyl groups excluding tert-OH is 2. The Hall–Kier alpha value is -0.670. The molecule has 0 saturated heterocycles. The Bertz CT molecular complexity index is 539. The van der Waals surface area contributed by atoms with Crippen LogP contribution in [0.1, 0.15) is 64.7 Å². The van der Waals surface area contributed by atoms with Crippen molar-refractivity contribution in [3.8, 4) is 0 Å². The zero-order valence-electron chi connectivity index (χ0n) is 14.9. The van der Waals surface area contributed by atoms with Gasteiger partial charge in [-0.1, -0.05) is 12.5 Å². The maximum absolute atomic E-state index is 11.9. The van der Waals surface area contributed by atoms with E-state index in [4.69, 9.17) is 0 Å². The van der Waals surface area contributed by atoms with E-state index in [9.17, 15) is 15.0 Å². The highest BCUT2D eigenvalue weighted by molar-refractivity contribution is 5.91. The van der Waals surface area contributed by atoms with Crippen molar-refractivity contribution in [1.82, 2.24) is 0 Å². The van der Waals surface area contributed by atoms with Crippen LogP contribution < -0.4 is 0 Å². The SMILES string of the molecule is CCC12CC(CCO)[C@@H]3C4CCC(=O)C=C4CC[C@@H]3[C@@H]1CCC2O. The molecule has 3 fully saturated rings. The minimum Gasteiger partial charge on any atom is -0.396 e. The van der Waals surface area contributed by atoms with Gasteiger partial charge in [-0.3, -0.25) is 4.79 Å². The van der Waals surface area contributed by atoms with Gasteiger partial charge < -0.3 is 10.2 Å². The summed E-state index contributed by atoms with van der Waals surface area (Å²) in [6, 6.07) is 0. The fraction of sp³-hybridized carbons (Fsp3) is 0.857. The molecule has 0 heterocycles. The van der Waals surface area contributed by atoms with Gasteiger partial charge in [-0.15, -0.1) is 0 Å². The average Bonchev–Trinajstić information content (AvgIpc) is 2.92. The molecule has 24 heavy (non-hydrogen) atoms. The highest BCUT2D eigenvalue weighted by atomic mass is 16.3. The molecular formula is C21H32O3. The van der Waals surface area contributed by atoms with E-state index in [0.717, 1.165) is 38.5 Å². The van der Waals surface area contributed by atoms with Gasteiger partial charge in [0.05, 0.1) is 6.10 Å². The molecule has 0 aliphatic heterocycles. The first-order valence-electron chi connectivity index (χ1n) is 10.1. The van der Waals surface area contributed by atoms with Crippen LogP contribution in [0.5, 0.6) is 0 Å². The number of aliphatic hydroxyl groups is 2. The second kappa shape index (κ2) is 6.25. The molecule has 134 valence electrons. The van der Waals surface area contributed by atoms with Gasteiger partial charge in [0.25, 0.3) is 0 Å². The van der Waals surface area contributed by atoms with E-state index < -0.39 is 0 Å². The van der Waals surface area contributed by atoms with Crippen LogP contribution in [0.25, 0.3) is 0 Å². The van der Waals surface area contributed by atoms with E-state index in [2.05, 4.69) is 6.92 Å². The molecule has 0 aromatic heterocycles. The number of ketones is 1. The van der Waals surface area contributed by atoms with Crippen molar-refractivity contribution in [2.45, 2.75) is 70.8 Å². The maximum atomic E-state index is 11.9. The third kappa shape index (κ3) is 2.34. The Kier molecular flexibility index (Phi) is 4.37. The molecular weight excluding hydrogens is 300 g/mol. The Morgan fingerprint density at radius 3 is 2.79 bits per heavy atom. The largest absolute Gasteiger partial charge is 0.396 e.